The van der Waals surface area contributed by atoms with Crippen LogP contribution in [0.1, 0.15) is 187 Å². The highest BCUT2D eigenvalue weighted by molar-refractivity contribution is 7.47. The highest BCUT2D eigenvalue weighted by atomic mass is 31.2. The normalized spacial score (nSPS) is 14.1. The third kappa shape index (κ3) is 38.4. The number of unbranched alkanes of at least 4 members (excludes halogenated alkanes) is 20. The number of hydrogen-bond acceptors (Lipinski definition) is 9. The monoisotopic (exact) mass is 800 g/mol. The van der Waals surface area contributed by atoms with E-state index in [-0.39, 0.29) is 19.4 Å². The van der Waals surface area contributed by atoms with Crippen LogP contribution >= 0.6 is 7.82 Å². The Morgan fingerprint density at radius 1 is 0.564 bits per heavy atom. The van der Waals surface area contributed by atoms with Gasteiger partial charge < -0.3 is 25.2 Å². The molecule has 320 valence electrons. The Hall–Kier alpha value is -2.30. The first-order valence-electron chi connectivity index (χ1n) is 21.5. The summed E-state index contributed by atoms with van der Waals surface area (Å²) in [5.74, 6) is -2.39. The number of esters is 2. The maximum absolute atomic E-state index is 12.6. The molecule has 0 aromatic rings. The summed E-state index contributed by atoms with van der Waals surface area (Å²) in [5.41, 5.74) is 5.33. The third-order valence-corrected chi connectivity index (χ3v) is 10.1. The number of carbonyl (C=O) groups excluding carboxylic acids is 2. The first-order valence-corrected chi connectivity index (χ1v) is 23.0. The first-order chi connectivity index (χ1) is 26.6. The van der Waals surface area contributed by atoms with Gasteiger partial charge in [0, 0.05) is 12.8 Å². The van der Waals surface area contributed by atoms with E-state index in [9.17, 15) is 23.8 Å². The van der Waals surface area contributed by atoms with E-state index in [0.717, 1.165) is 70.6 Å². The van der Waals surface area contributed by atoms with Crippen molar-refractivity contribution in [3.63, 3.8) is 0 Å². The van der Waals surface area contributed by atoms with Crippen LogP contribution in [0, 0.1) is 0 Å². The summed E-state index contributed by atoms with van der Waals surface area (Å²) >= 11 is 0. The Bertz CT molecular complexity index is 1080. The van der Waals surface area contributed by atoms with Gasteiger partial charge in [-0.05, 0) is 70.6 Å². The lowest BCUT2D eigenvalue weighted by Crippen LogP contribution is -2.34. The zero-order valence-corrected chi connectivity index (χ0v) is 35.4. The molecule has 0 amide bonds. The van der Waals surface area contributed by atoms with Crippen LogP contribution in [-0.2, 0) is 37.5 Å². The molecule has 0 aliphatic heterocycles. The molecular weight excluding hydrogens is 721 g/mol. The van der Waals surface area contributed by atoms with Gasteiger partial charge in [0.05, 0.1) is 13.2 Å². The fourth-order valence-electron chi connectivity index (χ4n) is 5.68. The first kappa shape index (κ1) is 52.7. The second-order valence-electron chi connectivity index (χ2n) is 14.5. The topological polar surface area (TPSA) is 172 Å². The van der Waals surface area contributed by atoms with Crippen LogP contribution in [0.5, 0.6) is 0 Å². The number of carboxylic acid groups (broad SMARTS) is 1. The summed E-state index contributed by atoms with van der Waals surface area (Å²) in [4.78, 5) is 45.9. The van der Waals surface area contributed by atoms with Gasteiger partial charge in [0.15, 0.2) is 6.10 Å². The molecule has 0 aliphatic carbocycles. The maximum atomic E-state index is 12.6. The lowest BCUT2D eigenvalue weighted by Gasteiger charge is -2.20. The van der Waals surface area contributed by atoms with Gasteiger partial charge in [0.25, 0.3) is 0 Å². The summed E-state index contributed by atoms with van der Waals surface area (Å²) < 4.78 is 32.6. The van der Waals surface area contributed by atoms with Crippen molar-refractivity contribution in [1.29, 1.82) is 0 Å². The fourth-order valence-corrected chi connectivity index (χ4v) is 6.46. The predicted octanol–water partition coefficient (Wildman–Crippen LogP) is 11.2. The number of carboxylic acids is 1. The van der Waals surface area contributed by atoms with Crippen molar-refractivity contribution >= 4 is 25.7 Å². The molecule has 11 nitrogen and oxygen atoms in total. The molecule has 0 aliphatic rings. The SMILES string of the molecule is CCCCC/C=C\C/C=C\CCCCCCCCCCCC(=O)O[C@H](COC(=O)CCCCCCC/C=C\CCCCC)COP(=O)(O)OC[C@H](N)C(=O)O. The van der Waals surface area contributed by atoms with Crippen LogP contribution in [0.3, 0.4) is 0 Å². The molecule has 3 atom stereocenters. The summed E-state index contributed by atoms with van der Waals surface area (Å²) in [6.45, 7) is 2.74. The quantitative estimate of drug-likeness (QED) is 0.0233. The Labute approximate surface area is 333 Å². The average Bonchev–Trinajstić information content (AvgIpc) is 3.16. The van der Waals surface area contributed by atoms with E-state index in [4.69, 9.17) is 24.8 Å². The van der Waals surface area contributed by atoms with E-state index in [1.165, 1.54) is 77.0 Å². The van der Waals surface area contributed by atoms with E-state index in [1.54, 1.807) is 0 Å². The van der Waals surface area contributed by atoms with E-state index in [2.05, 4.69) is 54.8 Å². The van der Waals surface area contributed by atoms with Gasteiger partial charge in [-0.2, -0.15) is 0 Å². The lowest BCUT2D eigenvalue weighted by molar-refractivity contribution is -0.161. The van der Waals surface area contributed by atoms with Crippen molar-refractivity contribution in [2.75, 3.05) is 19.8 Å². The van der Waals surface area contributed by atoms with Crippen LogP contribution in [0.25, 0.3) is 0 Å². The maximum Gasteiger partial charge on any atom is 0.472 e. The number of nitrogens with two attached hydrogens (primary N) is 1. The molecule has 0 bridgehead atoms. The van der Waals surface area contributed by atoms with Gasteiger partial charge in [-0.25, -0.2) is 4.57 Å². The molecular formula is C43H78NO10P. The molecule has 0 spiro atoms. The van der Waals surface area contributed by atoms with E-state index >= 15 is 0 Å². The number of phosphoric acid groups is 1. The number of hydrogen-bond donors (Lipinski definition) is 3. The Balaban J connectivity index is 4.35. The fraction of sp³-hybridized carbons (Fsp3) is 0.791. The molecule has 0 aromatic carbocycles. The van der Waals surface area contributed by atoms with Crippen molar-refractivity contribution in [1.82, 2.24) is 0 Å². The number of ether oxygens (including phenoxy) is 2. The van der Waals surface area contributed by atoms with E-state index in [1.807, 2.05) is 0 Å². The molecule has 1 unspecified atom stereocenters. The molecule has 0 saturated heterocycles. The molecule has 0 radical (unpaired) electrons. The van der Waals surface area contributed by atoms with E-state index < -0.39 is 51.1 Å². The highest BCUT2D eigenvalue weighted by Crippen LogP contribution is 2.43. The molecule has 0 fully saturated rings. The zero-order chi connectivity index (χ0) is 40.7. The summed E-state index contributed by atoms with van der Waals surface area (Å²) in [5, 5.41) is 8.88. The Kier molecular flexibility index (Phi) is 37.0. The Morgan fingerprint density at radius 3 is 1.44 bits per heavy atom. The minimum absolute atomic E-state index is 0.155. The molecule has 12 heteroatoms. The standard InChI is InChI=1S/C43H78NO10P/c1-3-5-7-9-11-13-15-17-18-19-20-21-22-23-25-27-29-31-33-35-42(46)54-39(37-52-55(49,50)53-38-40(44)43(47)48)36-51-41(45)34-32-30-28-26-24-16-14-12-10-8-6-4-2/h11-14,17-18,39-40H,3-10,15-16,19-38,44H2,1-2H3,(H,47,48)(H,49,50)/b13-11-,14-12-,18-17-/t39-,40+/m1/s1. The largest absolute Gasteiger partial charge is 0.480 e. The summed E-state index contributed by atoms with van der Waals surface area (Å²) in [6.07, 6.45) is 40.6. The number of allylic oxidation sites excluding steroid dienone is 6. The smallest absolute Gasteiger partial charge is 0.472 e. The predicted molar refractivity (Wildman–Crippen MR) is 222 cm³/mol. The molecule has 4 N–H and O–H groups in total. The molecule has 0 saturated carbocycles. The van der Waals surface area contributed by atoms with Crippen LogP contribution in [0.4, 0.5) is 0 Å². The minimum Gasteiger partial charge on any atom is -0.480 e. The van der Waals surface area contributed by atoms with E-state index in [0.29, 0.717) is 12.8 Å². The molecule has 55 heavy (non-hydrogen) atoms. The second kappa shape index (κ2) is 38.6. The van der Waals surface area contributed by atoms with Gasteiger partial charge in [-0.15, -0.1) is 0 Å². The number of carbonyl (C=O) groups is 3. The van der Waals surface area contributed by atoms with Gasteiger partial charge >= 0.3 is 25.7 Å². The lowest BCUT2D eigenvalue weighted by atomic mass is 10.1. The van der Waals surface area contributed by atoms with Gasteiger partial charge in [-0.1, -0.05) is 140 Å². The number of phosphoric ester groups is 1. The van der Waals surface area contributed by atoms with Crippen LogP contribution in [-0.4, -0.2) is 59.9 Å². The zero-order valence-electron chi connectivity index (χ0n) is 34.5. The van der Waals surface area contributed by atoms with Gasteiger partial charge in [0.2, 0.25) is 0 Å². The number of aliphatic carboxylic acids is 1. The van der Waals surface area contributed by atoms with Crippen molar-refractivity contribution < 1.29 is 47.5 Å². The van der Waals surface area contributed by atoms with Gasteiger partial charge in [-0.3, -0.25) is 23.4 Å². The molecule has 0 heterocycles. The van der Waals surface area contributed by atoms with Crippen LogP contribution in [0.2, 0.25) is 0 Å². The Morgan fingerprint density at radius 2 is 0.964 bits per heavy atom. The van der Waals surface area contributed by atoms with Crippen molar-refractivity contribution in [3.8, 4) is 0 Å². The van der Waals surface area contributed by atoms with Crippen molar-refractivity contribution in [2.45, 2.75) is 199 Å². The van der Waals surface area contributed by atoms with Crippen molar-refractivity contribution in [3.05, 3.63) is 36.5 Å². The minimum atomic E-state index is -4.72. The van der Waals surface area contributed by atoms with Crippen LogP contribution < -0.4 is 5.73 Å². The van der Waals surface area contributed by atoms with Crippen molar-refractivity contribution in [2.24, 2.45) is 5.73 Å². The summed E-state index contributed by atoms with van der Waals surface area (Å²) in [7, 11) is -4.72. The average molecular weight is 800 g/mol. The second-order valence-corrected chi connectivity index (χ2v) is 15.9. The molecule has 0 aromatic heterocycles. The third-order valence-electron chi connectivity index (χ3n) is 9.11. The summed E-state index contributed by atoms with van der Waals surface area (Å²) in [6, 6.07) is -1.52. The van der Waals surface area contributed by atoms with Crippen LogP contribution in [0.15, 0.2) is 36.5 Å². The molecule has 0 rings (SSSR count). The van der Waals surface area contributed by atoms with Gasteiger partial charge in [0.1, 0.15) is 12.6 Å². The number of rotatable bonds is 40. The highest BCUT2D eigenvalue weighted by Gasteiger charge is 2.28.